The Morgan fingerprint density at radius 2 is 1.80 bits per heavy atom. The molecule has 0 saturated carbocycles. The van der Waals surface area contributed by atoms with Gasteiger partial charge in [-0.2, -0.15) is 8.42 Å². The number of aliphatic hydroxyl groups is 3. The topological polar surface area (TPSA) is 134 Å². The van der Waals surface area contributed by atoms with Crippen molar-refractivity contribution in [1.29, 1.82) is 0 Å². The SMILES string of the molecule is CCC(C)CO[C@H]1OC(CS(=O)(=O)O)[C@@H](O)[C@@H](O)C1O. The van der Waals surface area contributed by atoms with Crippen LogP contribution in [0.2, 0.25) is 0 Å². The molecule has 8 nitrogen and oxygen atoms in total. The molecule has 0 aromatic heterocycles. The first-order valence-corrected chi connectivity index (χ1v) is 8.03. The summed E-state index contributed by atoms with van der Waals surface area (Å²) in [6.07, 6.45) is -6.53. The number of rotatable bonds is 6. The van der Waals surface area contributed by atoms with Gasteiger partial charge in [0.2, 0.25) is 0 Å². The van der Waals surface area contributed by atoms with E-state index in [9.17, 15) is 23.7 Å². The van der Waals surface area contributed by atoms with Crippen LogP contribution in [-0.2, 0) is 19.6 Å². The van der Waals surface area contributed by atoms with Crippen LogP contribution in [0.1, 0.15) is 20.3 Å². The fourth-order valence-corrected chi connectivity index (χ4v) is 2.47. The molecule has 120 valence electrons. The molecule has 20 heavy (non-hydrogen) atoms. The van der Waals surface area contributed by atoms with Crippen molar-refractivity contribution >= 4 is 10.1 Å². The number of hydrogen-bond donors (Lipinski definition) is 4. The summed E-state index contributed by atoms with van der Waals surface area (Å²) in [5.41, 5.74) is 0. The number of hydrogen-bond acceptors (Lipinski definition) is 7. The van der Waals surface area contributed by atoms with Crippen LogP contribution in [0.15, 0.2) is 0 Å². The third kappa shape index (κ3) is 4.92. The minimum Gasteiger partial charge on any atom is -0.388 e. The first kappa shape index (κ1) is 17.8. The van der Waals surface area contributed by atoms with E-state index in [1.54, 1.807) is 0 Å². The maximum atomic E-state index is 10.8. The van der Waals surface area contributed by atoms with E-state index in [1.165, 1.54) is 0 Å². The first-order valence-electron chi connectivity index (χ1n) is 6.42. The molecular weight excluding hydrogens is 292 g/mol. The molecule has 0 bridgehead atoms. The normalized spacial score (nSPS) is 36.8. The summed E-state index contributed by atoms with van der Waals surface area (Å²) < 4.78 is 40.9. The fourth-order valence-electron chi connectivity index (χ4n) is 1.78. The fraction of sp³-hybridized carbons (Fsp3) is 1.00. The molecule has 0 aliphatic carbocycles. The van der Waals surface area contributed by atoms with Gasteiger partial charge in [-0.05, 0) is 5.92 Å². The largest absolute Gasteiger partial charge is 0.388 e. The van der Waals surface area contributed by atoms with Gasteiger partial charge in [-0.25, -0.2) is 0 Å². The molecule has 0 aromatic carbocycles. The summed E-state index contributed by atoms with van der Waals surface area (Å²) in [5, 5.41) is 29.1. The molecule has 1 saturated heterocycles. The molecule has 4 N–H and O–H groups in total. The standard InChI is InChI=1S/C11H22O8S/c1-3-6(2)4-18-11-10(14)9(13)8(12)7(19-11)5-20(15,16)17/h6-14H,3-5H2,1-2H3,(H,15,16,17)/t6?,7?,8-,9-,10?,11+/m1/s1. The van der Waals surface area contributed by atoms with Crippen LogP contribution in [0.5, 0.6) is 0 Å². The van der Waals surface area contributed by atoms with Crippen molar-refractivity contribution in [3.05, 3.63) is 0 Å². The van der Waals surface area contributed by atoms with Crippen molar-refractivity contribution in [1.82, 2.24) is 0 Å². The van der Waals surface area contributed by atoms with Gasteiger partial charge in [-0.15, -0.1) is 0 Å². The molecule has 1 aliphatic heterocycles. The zero-order valence-electron chi connectivity index (χ0n) is 11.4. The Balaban J connectivity index is 2.70. The maximum Gasteiger partial charge on any atom is 0.267 e. The van der Waals surface area contributed by atoms with Crippen molar-refractivity contribution in [3.63, 3.8) is 0 Å². The molecular formula is C11H22O8S. The predicted octanol–water partition coefficient (Wildman–Crippen LogP) is -1.26. The van der Waals surface area contributed by atoms with Crippen LogP contribution in [0, 0.1) is 5.92 Å². The quantitative estimate of drug-likeness (QED) is 0.447. The summed E-state index contributed by atoms with van der Waals surface area (Å²) in [5.74, 6) is -0.698. The molecule has 0 spiro atoms. The second kappa shape index (κ2) is 7.12. The van der Waals surface area contributed by atoms with E-state index in [-0.39, 0.29) is 12.5 Å². The molecule has 0 amide bonds. The van der Waals surface area contributed by atoms with Gasteiger partial charge in [0.15, 0.2) is 6.29 Å². The lowest BCUT2D eigenvalue weighted by molar-refractivity contribution is -0.294. The van der Waals surface area contributed by atoms with Gasteiger partial charge < -0.3 is 24.8 Å². The Morgan fingerprint density at radius 3 is 2.30 bits per heavy atom. The molecule has 3 unspecified atom stereocenters. The van der Waals surface area contributed by atoms with Gasteiger partial charge in [-0.3, -0.25) is 4.55 Å². The average molecular weight is 314 g/mol. The lowest BCUT2D eigenvalue weighted by Crippen LogP contribution is -2.59. The molecule has 9 heteroatoms. The van der Waals surface area contributed by atoms with E-state index in [1.807, 2.05) is 13.8 Å². The molecule has 1 fully saturated rings. The zero-order chi connectivity index (χ0) is 15.5. The van der Waals surface area contributed by atoms with E-state index < -0.39 is 46.6 Å². The van der Waals surface area contributed by atoms with Crippen LogP contribution in [0.25, 0.3) is 0 Å². The van der Waals surface area contributed by atoms with Crippen molar-refractivity contribution in [2.24, 2.45) is 5.92 Å². The van der Waals surface area contributed by atoms with Crippen molar-refractivity contribution in [2.45, 2.75) is 51.0 Å². The zero-order valence-corrected chi connectivity index (χ0v) is 12.2. The van der Waals surface area contributed by atoms with E-state index in [0.29, 0.717) is 0 Å². The van der Waals surface area contributed by atoms with E-state index in [2.05, 4.69) is 0 Å². The Bertz CT molecular complexity index is 397. The second-order valence-electron chi connectivity index (χ2n) is 5.11. The average Bonchev–Trinajstić information content (AvgIpc) is 2.36. The van der Waals surface area contributed by atoms with E-state index in [4.69, 9.17) is 14.0 Å². The maximum absolute atomic E-state index is 10.8. The van der Waals surface area contributed by atoms with Crippen molar-refractivity contribution in [2.75, 3.05) is 12.4 Å². The summed E-state index contributed by atoms with van der Waals surface area (Å²) in [6.45, 7) is 4.11. The molecule has 0 radical (unpaired) electrons. The van der Waals surface area contributed by atoms with Crippen LogP contribution in [-0.4, -0.2) is 71.4 Å². The van der Waals surface area contributed by atoms with E-state index in [0.717, 1.165) is 6.42 Å². The van der Waals surface area contributed by atoms with Gasteiger partial charge in [0, 0.05) is 0 Å². The third-order valence-electron chi connectivity index (χ3n) is 3.29. The molecule has 1 rings (SSSR count). The summed E-state index contributed by atoms with van der Waals surface area (Å²) in [7, 11) is -4.39. The highest BCUT2D eigenvalue weighted by Gasteiger charge is 2.45. The van der Waals surface area contributed by atoms with Gasteiger partial charge in [0.05, 0.1) is 6.61 Å². The van der Waals surface area contributed by atoms with Crippen LogP contribution >= 0.6 is 0 Å². The second-order valence-corrected chi connectivity index (χ2v) is 6.61. The first-order chi connectivity index (χ1) is 9.15. The number of aliphatic hydroxyl groups excluding tert-OH is 3. The summed E-state index contributed by atoms with van der Waals surface area (Å²) in [4.78, 5) is 0. The highest BCUT2D eigenvalue weighted by Crippen LogP contribution is 2.23. The molecule has 6 atom stereocenters. The van der Waals surface area contributed by atoms with Crippen LogP contribution in [0.3, 0.4) is 0 Å². The van der Waals surface area contributed by atoms with Crippen LogP contribution in [0.4, 0.5) is 0 Å². The molecule has 1 aliphatic rings. The highest BCUT2D eigenvalue weighted by molar-refractivity contribution is 7.85. The summed E-state index contributed by atoms with van der Waals surface area (Å²) >= 11 is 0. The lowest BCUT2D eigenvalue weighted by atomic mass is 10.00. The number of ether oxygens (including phenoxy) is 2. The monoisotopic (exact) mass is 314 g/mol. The van der Waals surface area contributed by atoms with Crippen LogP contribution < -0.4 is 0 Å². The van der Waals surface area contributed by atoms with Gasteiger partial charge in [0.1, 0.15) is 30.2 Å². The van der Waals surface area contributed by atoms with Gasteiger partial charge in [-0.1, -0.05) is 20.3 Å². The Labute approximate surface area is 118 Å². The van der Waals surface area contributed by atoms with Gasteiger partial charge in [0.25, 0.3) is 10.1 Å². The highest BCUT2D eigenvalue weighted by atomic mass is 32.2. The Kier molecular flexibility index (Phi) is 6.32. The minimum absolute atomic E-state index is 0.190. The lowest BCUT2D eigenvalue weighted by Gasteiger charge is -2.40. The van der Waals surface area contributed by atoms with Gasteiger partial charge >= 0.3 is 0 Å². The van der Waals surface area contributed by atoms with E-state index >= 15 is 0 Å². The van der Waals surface area contributed by atoms with Crippen molar-refractivity contribution < 1.29 is 37.8 Å². The predicted molar refractivity (Wildman–Crippen MR) is 68.5 cm³/mol. The minimum atomic E-state index is -4.39. The van der Waals surface area contributed by atoms with Crippen molar-refractivity contribution in [3.8, 4) is 0 Å². The smallest absolute Gasteiger partial charge is 0.267 e. The third-order valence-corrected chi connectivity index (χ3v) is 4.04. The Hall–Kier alpha value is -0.290. The summed E-state index contributed by atoms with van der Waals surface area (Å²) in [6, 6.07) is 0. The molecule has 0 aromatic rings. The molecule has 1 heterocycles. The Morgan fingerprint density at radius 1 is 1.20 bits per heavy atom.